The number of nitrogens with one attached hydrogen (secondary N) is 2. The summed E-state index contributed by atoms with van der Waals surface area (Å²) in [5, 5.41) is 3.67. The molecule has 5 nitrogen and oxygen atoms in total. The van der Waals surface area contributed by atoms with Gasteiger partial charge in [0.1, 0.15) is 10.8 Å². The zero-order chi connectivity index (χ0) is 22.0. The van der Waals surface area contributed by atoms with Crippen LogP contribution in [0, 0.1) is 5.82 Å². The molecular formula is C22H20ClFN2O3S2. The first-order valence-corrected chi connectivity index (χ1v) is 12.5. The fraction of sp³-hybridized carbons (Fsp3) is 0.227. The van der Waals surface area contributed by atoms with Crippen LogP contribution in [0.5, 0.6) is 0 Å². The Morgan fingerprint density at radius 3 is 2.35 bits per heavy atom. The fourth-order valence-electron chi connectivity index (χ4n) is 3.58. The smallest absolute Gasteiger partial charge is 0.262 e. The monoisotopic (exact) mass is 478 g/mol. The lowest BCUT2D eigenvalue weighted by Crippen LogP contribution is -2.18. The predicted molar refractivity (Wildman–Crippen MR) is 122 cm³/mol. The average molecular weight is 479 g/mol. The van der Waals surface area contributed by atoms with Crippen LogP contribution in [0.4, 0.5) is 15.1 Å². The molecular weight excluding hydrogens is 459 g/mol. The fourth-order valence-corrected chi connectivity index (χ4v) is 6.29. The van der Waals surface area contributed by atoms with Crippen LogP contribution in [0.15, 0.2) is 53.4 Å². The molecule has 1 amide bonds. The lowest BCUT2D eigenvalue weighted by Gasteiger charge is -2.11. The van der Waals surface area contributed by atoms with Crippen LogP contribution in [0.3, 0.4) is 0 Å². The highest BCUT2D eigenvalue weighted by Crippen LogP contribution is 2.39. The van der Waals surface area contributed by atoms with Gasteiger partial charge < -0.3 is 5.32 Å². The van der Waals surface area contributed by atoms with E-state index in [1.165, 1.54) is 23.5 Å². The van der Waals surface area contributed by atoms with Gasteiger partial charge in [0.2, 0.25) is 0 Å². The minimum Gasteiger partial charge on any atom is -0.322 e. The topological polar surface area (TPSA) is 75.3 Å². The van der Waals surface area contributed by atoms with Gasteiger partial charge >= 0.3 is 0 Å². The average Bonchev–Trinajstić information content (AvgIpc) is 2.89. The number of carbonyl (C=O) groups excluding carboxylic acids is 1. The third-order valence-corrected chi connectivity index (χ3v) is 8.06. The minimum absolute atomic E-state index is 0.0680. The van der Waals surface area contributed by atoms with E-state index in [2.05, 4.69) is 10.0 Å². The normalized spacial score (nSPS) is 13.9. The number of rotatable bonds is 5. The molecule has 3 aromatic rings. The molecule has 0 fully saturated rings. The van der Waals surface area contributed by atoms with Crippen LogP contribution >= 0.6 is 22.9 Å². The van der Waals surface area contributed by atoms with Gasteiger partial charge in [0.15, 0.2) is 0 Å². The van der Waals surface area contributed by atoms with Gasteiger partial charge in [-0.15, -0.1) is 11.3 Å². The summed E-state index contributed by atoms with van der Waals surface area (Å²) in [6, 6.07) is 11.3. The highest BCUT2D eigenvalue weighted by atomic mass is 35.5. The number of halogens is 2. The van der Waals surface area contributed by atoms with Crippen molar-refractivity contribution in [1.82, 2.24) is 0 Å². The maximum atomic E-state index is 13.2. The first kappa shape index (κ1) is 21.8. The number of amides is 1. The van der Waals surface area contributed by atoms with Crippen LogP contribution < -0.4 is 10.0 Å². The van der Waals surface area contributed by atoms with Crippen molar-refractivity contribution >= 4 is 49.6 Å². The van der Waals surface area contributed by atoms with Gasteiger partial charge in [0.25, 0.3) is 15.9 Å². The molecule has 1 aliphatic carbocycles. The van der Waals surface area contributed by atoms with Crippen LogP contribution in [-0.4, -0.2) is 14.3 Å². The number of carbonyl (C=O) groups is 1. The predicted octanol–water partition coefficient (Wildman–Crippen LogP) is 5.86. The zero-order valence-corrected chi connectivity index (χ0v) is 18.8. The van der Waals surface area contributed by atoms with Crippen molar-refractivity contribution in [1.29, 1.82) is 0 Å². The van der Waals surface area contributed by atoms with Crippen LogP contribution in [-0.2, 0) is 22.9 Å². The van der Waals surface area contributed by atoms with E-state index in [0.29, 0.717) is 22.7 Å². The molecule has 0 spiro atoms. The summed E-state index contributed by atoms with van der Waals surface area (Å²) in [5.74, 6) is -0.900. The molecule has 0 saturated carbocycles. The molecule has 0 saturated heterocycles. The van der Waals surface area contributed by atoms with Gasteiger partial charge in [-0.1, -0.05) is 18.0 Å². The van der Waals surface area contributed by atoms with E-state index in [4.69, 9.17) is 11.6 Å². The Morgan fingerprint density at radius 2 is 1.65 bits per heavy atom. The van der Waals surface area contributed by atoms with E-state index >= 15 is 0 Å². The molecule has 4 rings (SSSR count). The number of hydrogen-bond acceptors (Lipinski definition) is 4. The van der Waals surface area contributed by atoms with Gasteiger partial charge in [-0.05, 0) is 79.8 Å². The molecule has 0 bridgehead atoms. The second-order valence-corrected chi connectivity index (χ2v) is 10.5. The Kier molecular flexibility index (Phi) is 6.31. The molecule has 9 heteroatoms. The molecule has 0 radical (unpaired) electrons. The molecule has 31 heavy (non-hydrogen) atoms. The van der Waals surface area contributed by atoms with Crippen molar-refractivity contribution in [3.8, 4) is 0 Å². The summed E-state index contributed by atoms with van der Waals surface area (Å²) in [6.07, 6.45) is 4.52. The van der Waals surface area contributed by atoms with Gasteiger partial charge in [0, 0.05) is 15.6 Å². The van der Waals surface area contributed by atoms with E-state index in [1.807, 2.05) is 0 Å². The number of benzene rings is 2. The summed E-state index contributed by atoms with van der Waals surface area (Å²) >= 11 is 7.21. The number of aryl methyl sites for hydroxylation is 1. The van der Waals surface area contributed by atoms with E-state index < -0.39 is 15.8 Å². The summed E-state index contributed by atoms with van der Waals surface area (Å²) < 4.78 is 41.6. The minimum atomic E-state index is -3.98. The third kappa shape index (κ3) is 4.92. The maximum Gasteiger partial charge on any atom is 0.262 e. The number of sulfonamides is 1. The molecule has 0 atom stereocenters. The third-order valence-electron chi connectivity index (χ3n) is 5.10. The van der Waals surface area contributed by atoms with Gasteiger partial charge in [-0.2, -0.15) is 0 Å². The first-order chi connectivity index (χ1) is 14.8. The van der Waals surface area contributed by atoms with Crippen LogP contribution in [0.1, 0.15) is 40.1 Å². The van der Waals surface area contributed by atoms with Crippen molar-refractivity contribution < 1.29 is 17.6 Å². The van der Waals surface area contributed by atoms with Gasteiger partial charge in [-0.3, -0.25) is 9.52 Å². The van der Waals surface area contributed by atoms with Crippen LogP contribution in [0.2, 0.25) is 5.02 Å². The van der Waals surface area contributed by atoms with E-state index in [9.17, 15) is 17.6 Å². The van der Waals surface area contributed by atoms with Crippen molar-refractivity contribution in [2.24, 2.45) is 0 Å². The van der Waals surface area contributed by atoms with Crippen molar-refractivity contribution in [2.45, 2.75) is 37.0 Å². The largest absolute Gasteiger partial charge is 0.322 e. The number of hydrogen-bond donors (Lipinski definition) is 2. The van der Waals surface area contributed by atoms with E-state index in [-0.39, 0.29) is 15.8 Å². The maximum absolute atomic E-state index is 13.2. The van der Waals surface area contributed by atoms with E-state index in [1.54, 1.807) is 24.3 Å². The molecule has 1 aliphatic rings. The first-order valence-electron chi connectivity index (χ1n) is 9.83. The molecule has 1 heterocycles. The second-order valence-electron chi connectivity index (χ2n) is 7.29. The lowest BCUT2D eigenvalue weighted by molar-refractivity contribution is 0.102. The summed E-state index contributed by atoms with van der Waals surface area (Å²) in [4.78, 5) is 14.2. The molecule has 162 valence electrons. The highest BCUT2D eigenvalue weighted by molar-refractivity contribution is 7.93. The molecule has 1 aromatic heterocycles. The van der Waals surface area contributed by atoms with E-state index in [0.717, 1.165) is 48.3 Å². The Balaban J connectivity index is 1.71. The number of fused-ring (bicyclic) bond motifs is 1. The zero-order valence-electron chi connectivity index (χ0n) is 16.5. The number of anilines is 2. The summed E-state index contributed by atoms with van der Waals surface area (Å²) in [5.41, 5.74) is 1.81. The molecule has 0 aliphatic heterocycles. The Labute approximate surface area is 189 Å². The Hall–Kier alpha value is -2.42. The lowest BCUT2D eigenvalue weighted by atomic mass is 10.0. The summed E-state index contributed by atoms with van der Waals surface area (Å²) in [6.45, 7) is 0. The van der Waals surface area contributed by atoms with Crippen molar-refractivity contribution in [3.05, 3.63) is 75.4 Å². The SMILES string of the molecule is O=C(Nc1ccc(Cl)cc1)c1c(NS(=O)(=O)c2ccc(F)cc2)sc2c1CCCCC2. The highest BCUT2D eigenvalue weighted by Gasteiger charge is 2.27. The number of thiophene rings is 1. The van der Waals surface area contributed by atoms with Crippen molar-refractivity contribution in [3.63, 3.8) is 0 Å². The Bertz CT molecular complexity index is 1210. The molecule has 2 N–H and O–H groups in total. The van der Waals surface area contributed by atoms with Crippen molar-refractivity contribution in [2.75, 3.05) is 10.0 Å². The quantitative estimate of drug-likeness (QED) is 0.451. The second kappa shape index (κ2) is 8.98. The standard InChI is InChI=1S/C22H20ClFN2O3S2/c23-14-6-10-16(11-7-14)25-21(27)20-18-4-2-1-3-5-19(18)30-22(20)26-31(28,29)17-12-8-15(24)9-13-17/h6-13,26H,1-5H2,(H,25,27). The Morgan fingerprint density at radius 1 is 0.968 bits per heavy atom. The van der Waals surface area contributed by atoms with Crippen LogP contribution in [0.25, 0.3) is 0 Å². The van der Waals surface area contributed by atoms with Gasteiger partial charge in [-0.25, -0.2) is 12.8 Å². The molecule has 0 unspecified atom stereocenters. The molecule has 2 aromatic carbocycles. The van der Waals surface area contributed by atoms with Gasteiger partial charge in [0.05, 0.1) is 10.5 Å². The summed E-state index contributed by atoms with van der Waals surface area (Å²) in [7, 11) is -3.98.